The number of morpholine rings is 1. The van der Waals surface area contributed by atoms with Crippen molar-refractivity contribution >= 4 is 11.0 Å². The highest BCUT2D eigenvalue weighted by molar-refractivity contribution is 5.74. The van der Waals surface area contributed by atoms with Crippen LogP contribution in [0.3, 0.4) is 0 Å². The minimum Gasteiger partial charge on any atom is -0.374 e. The number of imidazole rings is 1. The normalized spacial score (nSPS) is 21.5. The predicted octanol–water partition coefficient (Wildman–Crippen LogP) is 1.76. The van der Waals surface area contributed by atoms with Gasteiger partial charge in [0, 0.05) is 13.1 Å². The molecule has 0 aliphatic carbocycles. The van der Waals surface area contributed by atoms with Gasteiger partial charge in [0.1, 0.15) is 0 Å². The lowest BCUT2D eigenvalue weighted by molar-refractivity contribution is -0.0338. The molecule has 1 atom stereocenters. The molecule has 4 nitrogen and oxygen atoms in total. The van der Waals surface area contributed by atoms with Crippen molar-refractivity contribution in [2.24, 2.45) is 0 Å². The highest BCUT2D eigenvalue weighted by atomic mass is 16.5. The van der Waals surface area contributed by atoms with Gasteiger partial charge in [-0.2, -0.15) is 0 Å². The van der Waals surface area contributed by atoms with Gasteiger partial charge in [0.25, 0.3) is 0 Å². The van der Waals surface area contributed by atoms with Crippen LogP contribution in [0.4, 0.5) is 0 Å². The number of benzene rings is 1. The second-order valence-corrected chi connectivity index (χ2v) is 4.77. The van der Waals surface area contributed by atoms with Gasteiger partial charge in [-0.25, -0.2) is 4.98 Å². The van der Waals surface area contributed by atoms with E-state index in [0.29, 0.717) is 0 Å². The lowest BCUT2D eigenvalue weighted by atomic mass is 10.2. The van der Waals surface area contributed by atoms with Crippen LogP contribution in [0, 0.1) is 0 Å². The quantitative estimate of drug-likeness (QED) is 0.825. The number of rotatable bonds is 3. The number of ether oxygens (including phenoxy) is 1. The summed E-state index contributed by atoms with van der Waals surface area (Å²) < 4.78 is 8.04. The lowest BCUT2D eigenvalue weighted by Crippen LogP contribution is -2.43. The zero-order chi connectivity index (χ0) is 12.4. The van der Waals surface area contributed by atoms with E-state index in [0.717, 1.165) is 38.3 Å². The smallest absolute Gasteiger partial charge is 0.0959 e. The summed E-state index contributed by atoms with van der Waals surface area (Å²) in [6, 6.07) is 8.24. The SMILES string of the molecule is CCN1CCOC(Cn2cnc3ccccc32)C1. The van der Waals surface area contributed by atoms with Crippen LogP contribution < -0.4 is 0 Å². The maximum absolute atomic E-state index is 5.84. The molecule has 4 heteroatoms. The predicted molar refractivity (Wildman–Crippen MR) is 71.6 cm³/mol. The maximum atomic E-state index is 5.84. The fourth-order valence-electron chi connectivity index (χ4n) is 2.55. The van der Waals surface area contributed by atoms with Crippen LogP contribution in [0.25, 0.3) is 11.0 Å². The third-order valence-electron chi connectivity index (χ3n) is 3.60. The number of aromatic nitrogens is 2. The van der Waals surface area contributed by atoms with Crippen LogP contribution in [0.2, 0.25) is 0 Å². The number of nitrogens with zero attached hydrogens (tertiary/aromatic N) is 3. The summed E-state index contributed by atoms with van der Waals surface area (Å²) in [5.74, 6) is 0. The van der Waals surface area contributed by atoms with Gasteiger partial charge in [-0.05, 0) is 18.7 Å². The van der Waals surface area contributed by atoms with Crippen molar-refractivity contribution in [1.82, 2.24) is 14.5 Å². The van der Waals surface area contributed by atoms with Gasteiger partial charge in [-0.3, -0.25) is 4.90 Å². The van der Waals surface area contributed by atoms with Gasteiger partial charge in [-0.15, -0.1) is 0 Å². The molecule has 1 fully saturated rings. The number of likely N-dealkylation sites (N-methyl/N-ethyl adjacent to an activating group) is 1. The molecule has 1 aliphatic heterocycles. The molecule has 3 rings (SSSR count). The van der Waals surface area contributed by atoms with Crippen molar-refractivity contribution < 1.29 is 4.74 Å². The Morgan fingerprint density at radius 1 is 1.39 bits per heavy atom. The van der Waals surface area contributed by atoms with Crippen molar-refractivity contribution in [2.75, 3.05) is 26.2 Å². The summed E-state index contributed by atoms with van der Waals surface area (Å²) in [5, 5.41) is 0. The zero-order valence-corrected chi connectivity index (χ0v) is 10.7. The van der Waals surface area contributed by atoms with Gasteiger partial charge in [0.05, 0.1) is 36.6 Å². The van der Waals surface area contributed by atoms with Gasteiger partial charge in [-0.1, -0.05) is 19.1 Å². The van der Waals surface area contributed by atoms with Crippen LogP contribution >= 0.6 is 0 Å². The molecule has 0 saturated carbocycles. The second-order valence-electron chi connectivity index (χ2n) is 4.77. The molecule has 0 bridgehead atoms. The standard InChI is InChI=1S/C14H19N3O/c1-2-16-7-8-18-12(9-16)10-17-11-15-13-5-3-4-6-14(13)17/h3-6,11-12H,2,7-10H2,1H3. The molecule has 2 aromatic rings. The number of para-hydroxylation sites is 2. The molecule has 0 amide bonds. The third kappa shape index (κ3) is 2.26. The first-order chi connectivity index (χ1) is 8.86. The highest BCUT2D eigenvalue weighted by Gasteiger charge is 2.20. The molecule has 96 valence electrons. The first-order valence-electron chi connectivity index (χ1n) is 6.60. The van der Waals surface area contributed by atoms with E-state index in [9.17, 15) is 0 Å². The molecular weight excluding hydrogens is 226 g/mol. The minimum atomic E-state index is 0.274. The van der Waals surface area contributed by atoms with E-state index < -0.39 is 0 Å². The van der Waals surface area contributed by atoms with E-state index in [1.807, 2.05) is 18.5 Å². The Balaban J connectivity index is 1.76. The van der Waals surface area contributed by atoms with Crippen molar-refractivity contribution in [3.63, 3.8) is 0 Å². The van der Waals surface area contributed by atoms with Gasteiger partial charge >= 0.3 is 0 Å². The molecular formula is C14H19N3O. The number of hydrogen-bond donors (Lipinski definition) is 0. The first-order valence-corrected chi connectivity index (χ1v) is 6.60. The van der Waals surface area contributed by atoms with Crippen LogP contribution in [-0.4, -0.2) is 46.8 Å². The summed E-state index contributed by atoms with van der Waals surface area (Å²) in [4.78, 5) is 6.85. The number of fused-ring (bicyclic) bond motifs is 1. The average Bonchev–Trinajstić information content (AvgIpc) is 2.83. The largest absolute Gasteiger partial charge is 0.374 e. The Morgan fingerprint density at radius 3 is 3.17 bits per heavy atom. The lowest BCUT2D eigenvalue weighted by Gasteiger charge is -2.32. The third-order valence-corrected chi connectivity index (χ3v) is 3.60. The average molecular weight is 245 g/mol. The van der Waals surface area contributed by atoms with E-state index >= 15 is 0 Å². The van der Waals surface area contributed by atoms with Crippen molar-refractivity contribution in [3.8, 4) is 0 Å². The Labute approximate surface area is 107 Å². The molecule has 0 radical (unpaired) electrons. The Morgan fingerprint density at radius 2 is 2.28 bits per heavy atom. The minimum absolute atomic E-state index is 0.274. The van der Waals surface area contributed by atoms with Crippen LogP contribution in [0.15, 0.2) is 30.6 Å². The van der Waals surface area contributed by atoms with E-state index in [1.54, 1.807) is 0 Å². The summed E-state index contributed by atoms with van der Waals surface area (Å²) in [7, 11) is 0. The van der Waals surface area contributed by atoms with E-state index in [4.69, 9.17) is 4.74 Å². The summed E-state index contributed by atoms with van der Waals surface area (Å²) in [6.07, 6.45) is 2.19. The van der Waals surface area contributed by atoms with Crippen LogP contribution in [0.1, 0.15) is 6.92 Å². The Hall–Kier alpha value is -1.39. The molecule has 1 saturated heterocycles. The maximum Gasteiger partial charge on any atom is 0.0959 e. The molecule has 18 heavy (non-hydrogen) atoms. The fraction of sp³-hybridized carbons (Fsp3) is 0.500. The molecule has 1 unspecified atom stereocenters. The van der Waals surface area contributed by atoms with Crippen molar-refractivity contribution in [1.29, 1.82) is 0 Å². The molecule has 1 aromatic heterocycles. The van der Waals surface area contributed by atoms with Gasteiger partial charge < -0.3 is 9.30 Å². The Bertz CT molecular complexity index is 522. The summed E-state index contributed by atoms with van der Waals surface area (Å²) in [5.41, 5.74) is 2.25. The molecule has 1 aromatic carbocycles. The Kier molecular flexibility index (Phi) is 3.30. The second kappa shape index (κ2) is 5.08. The fourth-order valence-corrected chi connectivity index (χ4v) is 2.55. The first kappa shape index (κ1) is 11.7. The molecule has 0 N–H and O–H groups in total. The van der Waals surface area contributed by atoms with Crippen molar-refractivity contribution in [2.45, 2.75) is 19.6 Å². The highest BCUT2D eigenvalue weighted by Crippen LogP contribution is 2.14. The van der Waals surface area contributed by atoms with Crippen LogP contribution in [-0.2, 0) is 11.3 Å². The molecule has 1 aliphatic rings. The van der Waals surface area contributed by atoms with Crippen LogP contribution in [0.5, 0.6) is 0 Å². The monoisotopic (exact) mass is 245 g/mol. The van der Waals surface area contributed by atoms with E-state index in [-0.39, 0.29) is 6.10 Å². The summed E-state index contributed by atoms with van der Waals surface area (Å²) in [6.45, 7) is 7.10. The zero-order valence-electron chi connectivity index (χ0n) is 10.7. The topological polar surface area (TPSA) is 30.3 Å². The van der Waals surface area contributed by atoms with Crippen molar-refractivity contribution in [3.05, 3.63) is 30.6 Å². The summed E-state index contributed by atoms with van der Waals surface area (Å²) >= 11 is 0. The van der Waals surface area contributed by atoms with E-state index in [1.165, 1.54) is 5.52 Å². The number of hydrogen-bond acceptors (Lipinski definition) is 3. The van der Waals surface area contributed by atoms with Gasteiger partial charge in [0.2, 0.25) is 0 Å². The van der Waals surface area contributed by atoms with E-state index in [2.05, 4.69) is 33.5 Å². The molecule has 2 heterocycles. The molecule has 0 spiro atoms. The van der Waals surface area contributed by atoms with Gasteiger partial charge in [0.15, 0.2) is 0 Å².